The molecule has 0 aliphatic rings. The standard InChI is InChI=1S/C20H17NO4/c1-3-18(22)17-11-15-14(5-4-6-16(15)21-17)12-7-8-19(25-2)13(9-12)10-20(23)24/h3-9,11,21H,1,10H2,2H3,(H,23,24). The number of rotatable bonds is 6. The summed E-state index contributed by atoms with van der Waals surface area (Å²) >= 11 is 0. The van der Waals surface area contributed by atoms with E-state index in [1.54, 1.807) is 12.1 Å². The second-order valence-corrected chi connectivity index (χ2v) is 5.62. The number of aliphatic carboxylic acids is 1. The van der Waals surface area contributed by atoms with Crippen molar-refractivity contribution in [2.24, 2.45) is 0 Å². The third-order valence-electron chi connectivity index (χ3n) is 4.05. The lowest BCUT2D eigenvalue weighted by atomic mass is 9.98. The predicted octanol–water partition coefficient (Wildman–Crippen LogP) is 3.84. The fraction of sp³-hybridized carbons (Fsp3) is 0.100. The van der Waals surface area contributed by atoms with Gasteiger partial charge in [-0.05, 0) is 41.5 Å². The van der Waals surface area contributed by atoms with Crippen molar-refractivity contribution in [2.75, 3.05) is 7.11 Å². The Morgan fingerprint density at radius 2 is 2.04 bits per heavy atom. The number of fused-ring (bicyclic) bond motifs is 1. The predicted molar refractivity (Wildman–Crippen MR) is 96.2 cm³/mol. The summed E-state index contributed by atoms with van der Waals surface area (Å²) in [6.45, 7) is 3.51. The number of carboxylic acid groups (broad SMARTS) is 1. The molecule has 1 heterocycles. The van der Waals surface area contributed by atoms with E-state index in [0.717, 1.165) is 22.0 Å². The van der Waals surface area contributed by atoms with Gasteiger partial charge in [-0.1, -0.05) is 24.8 Å². The first-order valence-electron chi connectivity index (χ1n) is 7.71. The molecule has 25 heavy (non-hydrogen) atoms. The SMILES string of the molecule is C=CC(=O)c1cc2c(-c3ccc(OC)c(CC(=O)O)c3)cccc2[nH]1. The van der Waals surface area contributed by atoms with Crippen molar-refractivity contribution < 1.29 is 19.4 Å². The van der Waals surface area contributed by atoms with Crippen LogP contribution in [0.25, 0.3) is 22.0 Å². The van der Waals surface area contributed by atoms with Crippen molar-refractivity contribution in [1.82, 2.24) is 4.98 Å². The number of nitrogens with one attached hydrogen (secondary N) is 1. The smallest absolute Gasteiger partial charge is 0.307 e. The highest BCUT2D eigenvalue weighted by molar-refractivity contribution is 6.08. The van der Waals surface area contributed by atoms with Crippen LogP contribution in [-0.2, 0) is 11.2 Å². The van der Waals surface area contributed by atoms with E-state index in [9.17, 15) is 9.59 Å². The number of methoxy groups -OCH3 is 1. The van der Waals surface area contributed by atoms with Gasteiger partial charge in [-0.25, -0.2) is 0 Å². The maximum atomic E-state index is 11.9. The number of ether oxygens (including phenoxy) is 1. The van der Waals surface area contributed by atoms with Gasteiger partial charge in [0.2, 0.25) is 5.78 Å². The molecule has 5 heteroatoms. The van der Waals surface area contributed by atoms with Gasteiger partial charge < -0.3 is 14.8 Å². The Hall–Kier alpha value is -3.34. The molecular formula is C20H17NO4. The average molecular weight is 335 g/mol. The number of hydrogen-bond acceptors (Lipinski definition) is 3. The van der Waals surface area contributed by atoms with Gasteiger partial charge in [0.1, 0.15) is 5.75 Å². The summed E-state index contributed by atoms with van der Waals surface area (Å²) in [6, 6.07) is 12.9. The number of benzene rings is 2. The summed E-state index contributed by atoms with van der Waals surface area (Å²) in [5, 5.41) is 9.99. The van der Waals surface area contributed by atoms with Crippen LogP contribution in [0.3, 0.4) is 0 Å². The van der Waals surface area contributed by atoms with Crippen LogP contribution in [0, 0.1) is 0 Å². The van der Waals surface area contributed by atoms with Crippen LogP contribution in [0.15, 0.2) is 55.1 Å². The Morgan fingerprint density at radius 1 is 1.24 bits per heavy atom. The number of allylic oxidation sites excluding steroid dienone is 1. The summed E-state index contributed by atoms with van der Waals surface area (Å²) in [7, 11) is 1.51. The van der Waals surface area contributed by atoms with Crippen LogP contribution >= 0.6 is 0 Å². The molecule has 2 N–H and O–H groups in total. The molecule has 126 valence electrons. The second-order valence-electron chi connectivity index (χ2n) is 5.62. The lowest BCUT2D eigenvalue weighted by Crippen LogP contribution is -2.02. The van der Waals surface area contributed by atoms with Gasteiger partial charge in [-0.2, -0.15) is 0 Å². The van der Waals surface area contributed by atoms with Crippen molar-refractivity contribution in [1.29, 1.82) is 0 Å². The van der Waals surface area contributed by atoms with Crippen LogP contribution < -0.4 is 4.74 Å². The molecule has 0 atom stereocenters. The van der Waals surface area contributed by atoms with Crippen molar-refractivity contribution in [3.05, 3.63) is 66.4 Å². The molecule has 5 nitrogen and oxygen atoms in total. The van der Waals surface area contributed by atoms with E-state index in [0.29, 0.717) is 17.0 Å². The van der Waals surface area contributed by atoms with Gasteiger partial charge in [0.15, 0.2) is 0 Å². The molecule has 1 aromatic heterocycles. The highest BCUT2D eigenvalue weighted by atomic mass is 16.5. The summed E-state index contributed by atoms with van der Waals surface area (Å²) in [4.78, 5) is 26.0. The number of carboxylic acids is 1. The topological polar surface area (TPSA) is 79.4 Å². The Kier molecular flexibility index (Phi) is 4.39. The number of ketones is 1. The molecule has 0 saturated carbocycles. The van der Waals surface area contributed by atoms with E-state index < -0.39 is 5.97 Å². The molecule has 0 aliphatic carbocycles. The zero-order valence-electron chi connectivity index (χ0n) is 13.7. The zero-order chi connectivity index (χ0) is 18.0. The number of carbonyl (C=O) groups excluding carboxylic acids is 1. The third-order valence-corrected chi connectivity index (χ3v) is 4.05. The van der Waals surface area contributed by atoms with Crippen molar-refractivity contribution >= 4 is 22.7 Å². The first-order valence-corrected chi connectivity index (χ1v) is 7.71. The van der Waals surface area contributed by atoms with Gasteiger partial charge in [-0.15, -0.1) is 0 Å². The summed E-state index contributed by atoms with van der Waals surface area (Å²) in [5.74, 6) is -0.562. The lowest BCUT2D eigenvalue weighted by molar-refractivity contribution is -0.136. The average Bonchev–Trinajstić information content (AvgIpc) is 3.04. The van der Waals surface area contributed by atoms with Crippen molar-refractivity contribution in [2.45, 2.75) is 6.42 Å². The van der Waals surface area contributed by atoms with Crippen molar-refractivity contribution in [3.63, 3.8) is 0 Å². The van der Waals surface area contributed by atoms with Crippen molar-refractivity contribution in [3.8, 4) is 16.9 Å². The first-order chi connectivity index (χ1) is 12.0. The molecule has 0 spiro atoms. The monoisotopic (exact) mass is 335 g/mol. The van der Waals surface area contributed by atoms with Crippen LogP contribution in [-0.4, -0.2) is 29.0 Å². The molecule has 2 aromatic carbocycles. The number of hydrogen-bond donors (Lipinski definition) is 2. The molecule has 0 aliphatic heterocycles. The number of aromatic amines is 1. The molecule has 0 unspecified atom stereocenters. The molecular weight excluding hydrogens is 318 g/mol. The molecule has 0 saturated heterocycles. The van der Waals surface area contributed by atoms with Crippen LogP contribution in [0.1, 0.15) is 16.1 Å². The highest BCUT2D eigenvalue weighted by Crippen LogP contribution is 2.32. The van der Waals surface area contributed by atoms with E-state index >= 15 is 0 Å². The minimum Gasteiger partial charge on any atom is -0.496 e. The summed E-state index contributed by atoms with van der Waals surface area (Å²) in [6.07, 6.45) is 1.14. The third kappa shape index (κ3) is 3.17. The van der Waals surface area contributed by atoms with Gasteiger partial charge >= 0.3 is 5.97 Å². The van der Waals surface area contributed by atoms with E-state index in [-0.39, 0.29) is 12.2 Å². The molecule has 0 radical (unpaired) electrons. The first kappa shape index (κ1) is 16.5. The normalized spacial score (nSPS) is 10.6. The Labute approximate surface area is 144 Å². The van der Waals surface area contributed by atoms with Crippen LogP contribution in [0.5, 0.6) is 5.75 Å². The fourth-order valence-corrected chi connectivity index (χ4v) is 2.90. The van der Waals surface area contributed by atoms with Gasteiger partial charge in [0, 0.05) is 16.5 Å². The Bertz CT molecular complexity index is 985. The van der Waals surface area contributed by atoms with Gasteiger partial charge in [-0.3, -0.25) is 9.59 Å². The minimum absolute atomic E-state index is 0.125. The Morgan fingerprint density at radius 3 is 2.72 bits per heavy atom. The summed E-state index contributed by atoms with van der Waals surface area (Å²) in [5.41, 5.74) is 3.67. The summed E-state index contributed by atoms with van der Waals surface area (Å²) < 4.78 is 5.25. The lowest BCUT2D eigenvalue weighted by Gasteiger charge is -2.10. The minimum atomic E-state index is -0.922. The molecule has 0 fully saturated rings. The number of H-pyrrole nitrogens is 1. The zero-order valence-corrected chi connectivity index (χ0v) is 13.7. The van der Waals surface area contributed by atoms with E-state index in [2.05, 4.69) is 11.6 Å². The van der Waals surface area contributed by atoms with E-state index in [1.807, 2.05) is 30.3 Å². The number of aromatic nitrogens is 1. The van der Waals surface area contributed by atoms with Crippen LogP contribution in [0.2, 0.25) is 0 Å². The van der Waals surface area contributed by atoms with E-state index in [1.165, 1.54) is 13.2 Å². The Balaban J connectivity index is 2.15. The highest BCUT2D eigenvalue weighted by Gasteiger charge is 2.13. The van der Waals surface area contributed by atoms with E-state index in [4.69, 9.17) is 9.84 Å². The number of carbonyl (C=O) groups is 2. The molecule has 0 bridgehead atoms. The van der Waals surface area contributed by atoms with Gasteiger partial charge in [0.25, 0.3) is 0 Å². The second kappa shape index (κ2) is 6.65. The maximum absolute atomic E-state index is 11.9. The fourth-order valence-electron chi connectivity index (χ4n) is 2.90. The van der Waals surface area contributed by atoms with Gasteiger partial charge in [0.05, 0.1) is 19.2 Å². The molecule has 3 aromatic rings. The largest absolute Gasteiger partial charge is 0.496 e. The quantitative estimate of drug-likeness (QED) is 0.530. The maximum Gasteiger partial charge on any atom is 0.307 e. The van der Waals surface area contributed by atoms with Crippen LogP contribution in [0.4, 0.5) is 0 Å². The molecule has 3 rings (SSSR count). The molecule has 0 amide bonds.